The molecule has 1 aliphatic carbocycles. The molecule has 2 unspecified atom stereocenters. The number of pyridine rings is 1. The van der Waals surface area contributed by atoms with Crippen LogP contribution in [-0.4, -0.2) is 18.1 Å². The highest BCUT2D eigenvalue weighted by Gasteiger charge is 2.18. The topological polar surface area (TPSA) is 34.1 Å². The maximum Gasteiger partial charge on any atom is 0.213 e. The fourth-order valence-electron chi connectivity index (χ4n) is 2.39. The first-order valence-corrected chi connectivity index (χ1v) is 6.04. The highest BCUT2D eigenvalue weighted by Crippen LogP contribution is 2.26. The molecule has 0 spiro atoms. The summed E-state index contributed by atoms with van der Waals surface area (Å²) < 4.78 is 5.04. The van der Waals surface area contributed by atoms with E-state index in [2.05, 4.69) is 17.2 Å². The van der Waals surface area contributed by atoms with Gasteiger partial charge in [-0.05, 0) is 24.8 Å². The Morgan fingerprint density at radius 1 is 1.38 bits per heavy atom. The van der Waals surface area contributed by atoms with Crippen molar-refractivity contribution in [1.82, 2.24) is 4.98 Å². The second-order valence-electron chi connectivity index (χ2n) is 4.70. The lowest BCUT2D eigenvalue weighted by Gasteiger charge is -2.28. The van der Waals surface area contributed by atoms with Crippen LogP contribution in [0.4, 0.5) is 5.69 Å². The number of hydrogen-bond acceptors (Lipinski definition) is 3. The Kier molecular flexibility index (Phi) is 3.65. The monoisotopic (exact) mass is 220 g/mol. The number of aromatic nitrogens is 1. The summed E-state index contributed by atoms with van der Waals surface area (Å²) in [6, 6.07) is 4.54. The van der Waals surface area contributed by atoms with Gasteiger partial charge in [0.25, 0.3) is 0 Å². The number of ether oxygens (including phenoxy) is 1. The predicted molar refractivity (Wildman–Crippen MR) is 65.8 cm³/mol. The fraction of sp³-hybridized carbons (Fsp3) is 0.615. The zero-order valence-electron chi connectivity index (χ0n) is 10.1. The largest absolute Gasteiger partial charge is 0.481 e. The minimum atomic E-state index is 0.610. The third kappa shape index (κ3) is 2.87. The summed E-state index contributed by atoms with van der Waals surface area (Å²) >= 11 is 0. The third-order valence-electron chi connectivity index (χ3n) is 3.25. The van der Waals surface area contributed by atoms with Gasteiger partial charge in [0.1, 0.15) is 0 Å². The van der Waals surface area contributed by atoms with E-state index < -0.39 is 0 Å². The smallest absolute Gasteiger partial charge is 0.213 e. The van der Waals surface area contributed by atoms with Gasteiger partial charge in [0.05, 0.1) is 19.0 Å². The highest BCUT2D eigenvalue weighted by atomic mass is 16.5. The van der Waals surface area contributed by atoms with Crippen LogP contribution in [0, 0.1) is 5.92 Å². The lowest BCUT2D eigenvalue weighted by atomic mass is 9.87. The van der Waals surface area contributed by atoms with Crippen molar-refractivity contribution in [2.24, 2.45) is 5.92 Å². The van der Waals surface area contributed by atoms with Gasteiger partial charge in [-0.3, -0.25) is 0 Å². The Morgan fingerprint density at radius 3 is 2.88 bits per heavy atom. The molecule has 1 aliphatic rings. The van der Waals surface area contributed by atoms with Crippen LogP contribution in [0.15, 0.2) is 18.3 Å². The molecule has 3 heteroatoms. The first-order chi connectivity index (χ1) is 7.78. The molecular formula is C13H20N2O. The van der Waals surface area contributed by atoms with E-state index >= 15 is 0 Å². The van der Waals surface area contributed by atoms with E-state index in [9.17, 15) is 0 Å². The molecular weight excluding hydrogens is 200 g/mol. The van der Waals surface area contributed by atoms with Crippen LogP contribution in [0.3, 0.4) is 0 Å². The molecule has 0 aromatic carbocycles. The van der Waals surface area contributed by atoms with Gasteiger partial charge in [-0.2, -0.15) is 0 Å². The SMILES string of the molecule is COc1ccc(NC2CCCC(C)C2)cn1. The molecule has 1 aromatic heterocycles. The third-order valence-corrected chi connectivity index (χ3v) is 3.25. The van der Waals surface area contributed by atoms with Crippen LogP contribution in [0.1, 0.15) is 32.6 Å². The molecule has 16 heavy (non-hydrogen) atoms. The molecule has 2 atom stereocenters. The van der Waals surface area contributed by atoms with Crippen molar-refractivity contribution >= 4 is 5.69 Å². The summed E-state index contributed by atoms with van der Waals surface area (Å²) in [5.41, 5.74) is 1.10. The van der Waals surface area contributed by atoms with E-state index in [1.807, 2.05) is 18.3 Å². The van der Waals surface area contributed by atoms with Crippen molar-refractivity contribution in [3.05, 3.63) is 18.3 Å². The van der Waals surface area contributed by atoms with Crippen molar-refractivity contribution in [3.8, 4) is 5.88 Å². The molecule has 1 heterocycles. The Bertz CT molecular complexity index is 323. The Morgan fingerprint density at radius 2 is 2.25 bits per heavy atom. The van der Waals surface area contributed by atoms with Gasteiger partial charge >= 0.3 is 0 Å². The maximum absolute atomic E-state index is 5.04. The highest BCUT2D eigenvalue weighted by molar-refractivity contribution is 5.43. The second kappa shape index (κ2) is 5.19. The molecule has 0 amide bonds. The average Bonchev–Trinajstić information content (AvgIpc) is 2.30. The van der Waals surface area contributed by atoms with Crippen LogP contribution in [0.25, 0.3) is 0 Å². The van der Waals surface area contributed by atoms with Crippen LogP contribution in [-0.2, 0) is 0 Å². The fourth-order valence-corrected chi connectivity index (χ4v) is 2.39. The van der Waals surface area contributed by atoms with Gasteiger partial charge in [-0.15, -0.1) is 0 Å². The van der Waals surface area contributed by atoms with E-state index in [0.717, 1.165) is 11.6 Å². The summed E-state index contributed by atoms with van der Waals surface area (Å²) in [4.78, 5) is 4.20. The number of methoxy groups -OCH3 is 1. The molecule has 1 aromatic rings. The van der Waals surface area contributed by atoms with Gasteiger partial charge < -0.3 is 10.1 Å². The zero-order valence-corrected chi connectivity index (χ0v) is 10.1. The molecule has 0 bridgehead atoms. The van der Waals surface area contributed by atoms with E-state index in [4.69, 9.17) is 4.74 Å². The predicted octanol–water partition coefficient (Wildman–Crippen LogP) is 3.08. The molecule has 88 valence electrons. The van der Waals surface area contributed by atoms with Crippen molar-refractivity contribution in [2.45, 2.75) is 38.6 Å². The van der Waals surface area contributed by atoms with Gasteiger partial charge in [-0.25, -0.2) is 4.98 Å². The van der Waals surface area contributed by atoms with E-state index in [0.29, 0.717) is 11.9 Å². The van der Waals surface area contributed by atoms with Crippen LogP contribution in [0.5, 0.6) is 5.88 Å². The summed E-state index contributed by atoms with van der Waals surface area (Å²) in [6.07, 6.45) is 7.10. The molecule has 2 rings (SSSR count). The van der Waals surface area contributed by atoms with E-state index in [-0.39, 0.29) is 0 Å². The minimum absolute atomic E-state index is 0.610. The second-order valence-corrected chi connectivity index (χ2v) is 4.70. The molecule has 3 nitrogen and oxygen atoms in total. The first-order valence-electron chi connectivity index (χ1n) is 6.04. The Labute approximate surface area is 97.2 Å². The molecule has 1 fully saturated rings. The summed E-state index contributed by atoms with van der Waals surface area (Å²) in [5.74, 6) is 1.51. The number of hydrogen-bond donors (Lipinski definition) is 1. The average molecular weight is 220 g/mol. The maximum atomic E-state index is 5.04. The standard InChI is InChI=1S/C13H20N2O/c1-10-4-3-5-11(8-10)15-12-6-7-13(16-2)14-9-12/h6-7,9-11,15H,3-5,8H2,1-2H3. The first kappa shape index (κ1) is 11.2. The number of nitrogens with zero attached hydrogens (tertiary/aromatic N) is 1. The normalized spacial score (nSPS) is 25.1. The van der Waals surface area contributed by atoms with Crippen LogP contribution >= 0.6 is 0 Å². The molecule has 0 saturated heterocycles. The summed E-state index contributed by atoms with van der Waals surface area (Å²) in [7, 11) is 1.64. The van der Waals surface area contributed by atoms with Crippen molar-refractivity contribution in [2.75, 3.05) is 12.4 Å². The van der Waals surface area contributed by atoms with Gasteiger partial charge in [0, 0.05) is 12.1 Å². The van der Waals surface area contributed by atoms with Gasteiger partial charge in [0.15, 0.2) is 0 Å². The lowest BCUT2D eigenvalue weighted by molar-refractivity contribution is 0.358. The summed E-state index contributed by atoms with van der Waals surface area (Å²) in [5, 5.41) is 3.54. The van der Waals surface area contributed by atoms with Crippen molar-refractivity contribution < 1.29 is 4.74 Å². The van der Waals surface area contributed by atoms with Crippen molar-refractivity contribution in [3.63, 3.8) is 0 Å². The van der Waals surface area contributed by atoms with Gasteiger partial charge in [0.2, 0.25) is 5.88 Å². The summed E-state index contributed by atoms with van der Waals surface area (Å²) in [6.45, 7) is 2.33. The number of rotatable bonds is 3. The quantitative estimate of drug-likeness (QED) is 0.850. The molecule has 1 N–H and O–H groups in total. The van der Waals surface area contributed by atoms with Crippen molar-refractivity contribution in [1.29, 1.82) is 0 Å². The Hall–Kier alpha value is -1.25. The van der Waals surface area contributed by atoms with Crippen LogP contribution < -0.4 is 10.1 Å². The Balaban J connectivity index is 1.92. The molecule has 0 aliphatic heterocycles. The number of nitrogens with one attached hydrogen (secondary N) is 1. The van der Waals surface area contributed by atoms with E-state index in [1.54, 1.807) is 7.11 Å². The van der Waals surface area contributed by atoms with Gasteiger partial charge in [-0.1, -0.05) is 19.8 Å². The van der Waals surface area contributed by atoms with E-state index in [1.165, 1.54) is 25.7 Å². The lowest BCUT2D eigenvalue weighted by Crippen LogP contribution is -2.26. The zero-order chi connectivity index (χ0) is 11.4. The van der Waals surface area contributed by atoms with Crippen LogP contribution in [0.2, 0.25) is 0 Å². The molecule has 0 radical (unpaired) electrons. The minimum Gasteiger partial charge on any atom is -0.481 e. The number of anilines is 1. The molecule has 1 saturated carbocycles.